The van der Waals surface area contributed by atoms with E-state index in [1.54, 1.807) is 6.92 Å². The summed E-state index contributed by atoms with van der Waals surface area (Å²) in [6, 6.07) is 10.8. The van der Waals surface area contributed by atoms with Crippen molar-refractivity contribution in [2.75, 3.05) is 19.7 Å². The Balaban J connectivity index is 1.67. The Bertz CT molecular complexity index is 1040. The molecule has 2 amide bonds. The third kappa shape index (κ3) is 4.90. The van der Waals surface area contributed by atoms with Crippen LogP contribution >= 0.6 is 0 Å². The quantitative estimate of drug-likeness (QED) is 0.628. The van der Waals surface area contributed by atoms with E-state index in [9.17, 15) is 9.59 Å². The Morgan fingerprint density at radius 3 is 2.64 bits per heavy atom. The number of aromatic nitrogens is 1. The molecule has 176 valence electrons. The van der Waals surface area contributed by atoms with Crippen LogP contribution in [0.25, 0.3) is 0 Å². The highest BCUT2D eigenvalue weighted by Crippen LogP contribution is 2.32. The van der Waals surface area contributed by atoms with Crippen molar-refractivity contribution in [2.45, 2.75) is 52.4 Å². The fourth-order valence-electron chi connectivity index (χ4n) is 4.50. The van der Waals surface area contributed by atoms with Gasteiger partial charge in [0.1, 0.15) is 5.75 Å². The van der Waals surface area contributed by atoms with Gasteiger partial charge in [-0.3, -0.25) is 4.90 Å². The average Bonchev–Trinajstić information content (AvgIpc) is 3.25. The Kier molecular flexibility index (Phi) is 6.74. The number of nitrogens with zero attached hydrogens (tertiary/aromatic N) is 2. The van der Waals surface area contributed by atoms with Crippen LogP contribution in [0.5, 0.6) is 5.75 Å². The van der Waals surface area contributed by atoms with E-state index in [1.165, 1.54) is 5.69 Å². The zero-order chi connectivity index (χ0) is 23.5. The molecule has 8 heteroatoms. The molecule has 2 aliphatic heterocycles. The van der Waals surface area contributed by atoms with Gasteiger partial charge in [0.2, 0.25) is 0 Å². The van der Waals surface area contributed by atoms with Crippen LogP contribution in [0.3, 0.4) is 0 Å². The number of carbonyl (C=O) groups is 2. The first-order valence-electron chi connectivity index (χ1n) is 11.5. The Labute approximate surface area is 194 Å². The van der Waals surface area contributed by atoms with Gasteiger partial charge in [-0.05, 0) is 57.5 Å². The summed E-state index contributed by atoms with van der Waals surface area (Å²) in [5.74, 6) is 0.307. The summed E-state index contributed by atoms with van der Waals surface area (Å²) in [6.45, 7) is 10.2. The molecule has 0 aliphatic carbocycles. The lowest BCUT2D eigenvalue weighted by atomic mass is 9.94. The number of benzene rings is 1. The summed E-state index contributed by atoms with van der Waals surface area (Å²) in [6.07, 6.45) is 2.14. The molecule has 0 bridgehead atoms. The highest BCUT2D eigenvalue weighted by Gasteiger charge is 2.35. The molecule has 0 fully saturated rings. The summed E-state index contributed by atoms with van der Waals surface area (Å²) in [5, 5.41) is 5.78. The van der Waals surface area contributed by atoms with Crippen LogP contribution in [0, 0.1) is 0 Å². The molecule has 2 atom stereocenters. The van der Waals surface area contributed by atoms with Crippen molar-refractivity contribution in [1.82, 2.24) is 20.1 Å². The van der Waals surface area contributed by atoms with Crippen LogP contribution in [0.4, 0.5) is 4.79 Å². The number of amides is 2. The molecule has 1 aromatic carbocycles. The van der Waals surface area contributed by atoms with Crippen LogP contribution in [0.1, 0.15) is 51.0 Å². The fourth-order valence-corrected chi connectivity index (χ4v) is 4.50. The van der Waals surface area contributed by atoms with Crippen molar-refractivity contribution in [3.8, 4) is 5.75 Å². The van der Waals surface area contributed by atoms with E-state index in [2.05, 4.69) is 39.3 Å². The molecule has 2 N–H and O–H groups in total. The van der Waals surface area contributed by atoms with Crippen LogP contribution in [-0.2, 0) is 16.1 Å². The van der Waals surface area contributed by atoms with Crippen molar-refractivity contribution in [3.05, 3.63) is 65.1 Å². The van der Waals surface area contributed by atoms with Gasteiger partial charge in [-0.25, -0.2) is 9.59 Å². The largest absolute Gasteiger partial charge is 0.491 e. The first-order chi connectivity index (χ1) is 15.9. The number of fused-ring (bicyclic) bond motifs is 1. The van der Waals surface area contributed by atoms with E-state index < -0.39 is 12.0 Å². The maximum Gasteiger partial charge on any atom is 0.338 e. The van der Waals surface area contributed by atoms with E-state index in [0.717, 1.165) is 24.4 Å². The number of hydrogen-bond donors (Lipinski definition) is 2. The third-order valence-corrected chi connectivity index (χ3v) is 6.06. The van der Waals surface area contributed by atoms with Gasteiger partial charge in [0.25, 0.3) is 0 Å². The summed E-state index contributed by atoms with van der Waals surface area (Å²) in [7, 11) is 0. The molecule has 8 nitrogen and oxygen atoms in total. The monoisotopic (exact) mass is 452 g/mol. The summed E-state index contributed by atoms with van der Waals surface area (Å²) in [4.78, 5) is 28.0. The van der Waals surface area contributed by atoms with Crippen LogP contribution < -0.4 is 15.4 Å². The molecule has 0 radical (unpaired) electrons. The molecular formula is C25H32N4O4. The second-order valence-electron chi connectivity index (χ2n) is 8.65. The number of esters is 1. The lowest BCUT2D eigenvalue weighted by molar-refractivity contribution is -0.139. The van der Waals surface area contributed by atoms with Gasteiger partial charge in [-0.1, -0.05) is 12.1 Å². The molecule has 2 unspecified atom stereocenters. The van der Waals surface area contributed by atoms with Gasteiger partial charge in [-0.2, -0.15) is 0 Å². The molecule has 2 aliphatic rings. The molecule has 1 aromatic heterocycles. The topological polar surface area (TPSA) is 84.8 Å². The second-order valence-corrected chi connectivity index (χ2v) is 8.65. The SMILES string of the molecule is CCOC(=O)C1=C(CN2CCn3cccc3C2C)NC(=O)NC1c1ccc(OC(C)C)cc1. The standard InChI is InChI=1S/C25H32N4O4/c1-5-32-24(30)22-20(15-29-14-13-28-12-6-7-21(28)17(29)4)26-25(31)27-23(22)18-8-10-19(11-9-18)33-16(2)3/h6-12,16-17,23H,5,13-15H2,1-4H3,(H2,26,27,31). The zero-order valence-corrected chi connectivity index (χ0v) is 19.6. The van der Waals surface area contributed by atoms with E-state index in [-0.39, 0.29) is 24.8 Å². The van der Waals surface area contributed by atoms with Crippen molar-refractivity contribution >= 4 is 12.0 Å². The van der Waals surface area contributed by atoms with Gasteiger partial charge >= 0.3 is 12.0 Å². The van der Waals surface area contributed by atoms with Gasteiger partial charge < -0.3 is 24.7 Å². The second kappa shape index (κ2) is 9.70. The lowest BCUT2D eigenvalue weighted by Crippen LogP contribution is -2.49. The summed E-state index contributed by atoms with van der Waals surface area (Å²) < 4.78 is 13.4. The normalized spacial score (nSPS) is 20.8. The fraction of sp³-hybridized carbons (Fsp3) is 0.440. The first kappa shape index (κ1) is 22.9. The molecular weight excluding hydrogens is 420 g/mol. The minimum Gasteiger partial charge on any atom is -0.491 e. The van der Waals surface area contributed by atoms with E-state index in [4.69, 9.17) is 9.47 Å². The average molecular weight is 453 g/mol. The smallest absolute Gasteiger partial charge is 0.338 e. The molecule has 33 heavy (non-hydrogen) atoms. The summed E-state index contributed by atoms with van der Waals surface area (Å²) >= 11 is 0. The molecule has 0 spiro atoms. The van der Waals surface area contributed by atoms with Crippen LogP contribution in [-0.4, -0.2) is 47.3 Å². The van der Waals surface area contributed by atoms with Crippen molar-refractivity contribution in [3.63, 3.8) is 0 Å². The molecule has 4 rings (SSSR count). The van der Waals surface area contributed by atoms with Crippen molar-refractivity contribution < 1.29 is 19.1 Å². The van der Waals surface area contributed by atoms with E-state index in [1.807, 2.05) is 44.2 Å². The number of carbonyl (C=O) groups excluding carboxylic acids is 2. The number of ether oxygens (including phenoxy) is 2. The summed E-state index contributed by atoms with van der Waals surface area (Å²) in [5.41, 5.74) is 3.03. The van der Waals surface area contributed by atoms with Gasteiger partial charge in [0, 0.05) is 43.3 Å². The zero-order valence-electron chi connectivity index (χ0n) is 19.6. The highest BCUT2D eigenvalue weighted by atomic mass is 16.5. The van der Waals surface area contributed by atoms with E-state index in [0.29, 0.717) is 17.8 Å². The Morgan fingerprint density at radius 2 is 1.94 bits per heavy atom. The first-order valence-corrected chi connectivity index (χ1v) is 11.5. The van der Waals surface area contributed by atoms with Gasteiger partial charge in [0.15, 0.2) is 0 Å². The van der Waals surface area contributed by atoms with Crippen molar-refractivity contribution in [1.29, 1.82) is 0 Å². The Hall–Kier alpha value is -3.26. The predicted molar refractivity (Wildman–Crippen MR) is 125 cm³/mol. The molecule has 2 aromatic rings. The highest BCUT2D eigenvalue weighted by molar-refractivity contribution is 5.95. The van der Waals surface area contributed by atoms with Crippen LogP contribution in [0.15, 0.2) is 53.9 Å². The minimum atomic E-state index is -0.607. The maximum atomic E-state index is 13.1. The number of rotatable bonds is 7. The number of hydrogen-bond acceptors (Lipinski definition) is 5. The van der Waals surface area contributed by atoms with Gasteiger partial charge in [-0.15, -0.1) is 0 Å². The Morgan fingerprint density at radius 1 is 1.18 bits per heavy atom. The van der Waals surface area contributed by atoms with Crippen LogP contribution in [0.2, 0.25) is 0 Å². The molecule has 3 heterocycles. The minimum absolute atomic E-state index is 0.0589. The van der Waals surface area contributed by atoms with Crippen molar-refractivity contribution in [2.24, 2.45) is 0 Å². The maximum absolute atomic E-state index is 13.1. The number of nitrogens with one attached hydrogen (secondary N) is 2. The predicted octanol–water partition coefficient (Wildman–Crippen LogP) is 3.52. The molecule has 0 saturated heterocycles. The third-order valence-electron chi connectivity index (χ3n) is 6.06. The number of urea groups is 1. The lowest BCUT2D eigenvalue weighted by Gasteiger charge is -2.37. The van der Waals surface area contributed by atoms with E-state index >= 15 is 0 Å². The van der Waals surface area contributed by atoms with Gasteiger partial charge in [0.05, 0.1) is 24.3 Å². The molecule has 0 saturated carbocycles.